The largest absolute Gasteiger partial charge is 0.364 e. The molecule has 0 saturated carbocycles. The van der Waals surface area contributed by atoms with Crippen molar-refractivity contribution in [2.45, 2.75) is 19.5 Å². The SMILES string of the molecule is CCC1Nc2cnc(Br)cc2N1. The van der Waals surface area contributed by atoms with E-state index in [0.29, 0.717) is 6.17 Å². The van der Waals surface area contributed by atoms with Crippen LogP contribution in [0.1, 0.15) is 13.3 Å². The molecule has 0 radical (unpaired) electrons. The van der Waals surface area contributed by atoms with Crippen molar-refractivity contribution in [3.63, 3.8) is 0 Å². The van der Waals surface area contributed by atoms with Gasteiger partial charge in [0.05, 0.1) is 23.7 Å². The maximum atomic E-state index is 4.13. The van der Waals surface area contributed by atoms with E-state index < -0.39 is 0 Å². The Hall–Kier alpha value is -0.770. The topological polar surface area (TPSA) is 37.0 Å². The van der Waals surface area contributed by atoms with Crippen LogP contribution in [0.3, 0.4) is 0 Å². The Balaban J connectivity index is 2.30. The average Bonchev–Trinajstić information content (AvgIpc) is 2.46. The molecule has 2 heterocycles. The lowest BCUT2D eigenvalue weighted by Crippen LogP contribution is -2.20. The summed E-state index contributed by atoms with van der Waals surface area (Å²) in [7, 11) is 0. The fourth-order valence-corrected chi connectivity index (χ4v) is 1.61. The molecule has 4 heteroatoms. The first-order valence-corrected chi connectivity index (χ1v) is 4.77. The summed E-state index contributed by atoms with van der Waals surface area (Å²) in [5.74, 6) is 0. The Kier molecular flexibility index (Phi) is 1.92. The second-order valence-electron chi connectivity index (χ2n) is 2.80. The standard InChI is InChI=1S/C8H10BrN3/c1-2-8-11-5-3-7(9)10-4-6(5)12-8/h3-4,8,11-12H,2H2,1H3. The molecule has 1 aromatic heterocycles. The second kappa shape index (κ2) is 2.94. The van der Waals surface area contributed by atoms with Crippen LogP contribution in [0.5, 0.6) is 0 Å². The average molecular weight is 228 g/mol. The normalized spacial score (nSPS) is 19.7. The lowest BCUT2D eigenvalue weighted by molar-refractivity contribution is 0.802. The van der Waals surface area contributed by atoms with E-state index in [1.165, 1.54) is 0 Å². The lowest BCUT2D eigenvalue weighted by atomic mass is 10.4. The Morgan fingerprint density at radius 1 is 1.50 bits per heavy atom. The van der Waals surface area contributed by atoms with E-state index in [-0.39, 0.29) is 0 Å². The summed E-state index contributed by atoms with van der Waals surface area (Å²) in [5, 5.41) is 6.66. The van der Waals surface area contributed by atoms with Gasteiger partial charge in [0.25, 0.3) is 0 Å². The van der Waals surface area contributed by atoms with Crippen LogP contribution in [0.4, 0.5) is 11.4 Å². The number of aromatic nitrogens is 1. The number of nitrogens with one attached hydrogen (secondary N) is 2. The van der Waals surface area contributed by atoms with Crippen LogP contribution < -0.4 is 10.6 Å². The molecular formula is C8H10BrN3. The maximum absolute atomic E-state index is 4.13. The molecule has 0 amide bonds. The van der Waals surface area contributed by atoms with Crippen LogP contribution in [0, 0.1) is 0 Å². The zero-order chi connectivity index (χ0) is 8.55. The Labute approximate surface area is 79.7 Å². The zero-order valence-corrected chi connectivity index (χ0v) is 8.35. The molecule has 12 heavy (non-hydrogen) atoms. The van der Waals surface area contributed by atoms with Gasteiger partial charge in [0.2, 0.25) is 0 Å². The maximum Gasteiger partial charge on any atom is 0.108 e. The molecule has 64 valence electrons. The summed E-state index contributed by atoms with van der Waals surface area (Å²) in [4.78, 5) is 4.13. The minimum Gasteiger partial charge on any atom is -0.364 e. The molecule has 1 unspecified atom stereocenters. The van der Waals surface area contributed by atoms with Gasteiger partial charge in [-0.2, -0.15) is 0 Å². The first-order valence-electron chi connectivity index (χ1n) is 3.98. The van der Waals surface area contributed by atoms with Crippen LogP contribution in [0.25, 0.3) is 0 Å². The number of hydrogen-bond donors (Lipinski definition) is 2. The number of anilines is 2. The van der Waals surface area contributed by atoms with E-state index >= 15 is 0 Å². The number of fused-ring (bicyclic) bond motifs is 1. The summed E-state index contributed by atoms with van der Waals surface area (Å²) >= 11 is 3.33. The third kappa shape index (κ3) is 1.27. The van der Waals surface area contributed by atoms with Gasteiger partial charge in [-0.3, -0.25) is 0 Å². The predicted molar refractivity (Wildman–Crippen MR) is 53.3 cm³/mol. The van der Waals surface area contributed by atoms with Crippen LogP contribution in [0.2, 0.25) is 0 Å². The molecule has 0 aromatic carbocycles. The van der Waals surface area contributed by atoms with Crippen LogP contribution in [-0.2, 0) is 0 Å². The highest BCUT2D eigenvalue weighted by atomic mass is 79.9. The third-order valence-corrected chi connectivity index (χ3v) is 2.37. The van der Waals surface area contributed by atoms with E-state index in [9.17, 15) is 0 Å². The van der Waals surface area contributed by atoms with E-state index in [4.69, 9.17) is 0 Å². The van der Waals surface area contributed by atoms with Gasteiger partial charge in [-0.1, -0.05) is 6.92 Å². The molecule has 2 rings (SSSR count). The van der Waals surface area contributed by atoms with Gasteiger partial charge in [-0.15, -0.1) is 0 Å². The van der Waals surface area contributed by atoms with E-state index in [1.54, 1.807) is 0 Å². The van der Waals surface area contributed by atoms with Gasteiger partial charge in [0.1, 0.15) is 4.60 Å². The number of nitrogens with zero attached hydrogens (tertiary/aromatic N) is 1. The summed E-state index contributed by atoms with van der Waals surface area (Å²) in [6.45, 7) is 2.14. The molecule has 0 aliphatic carbocycles. The Morgan fingerprint density at radius 2 is 2.25 bits per heavy atom. The van der Waals surface area contributed by atoms with Crippen molar-refractivity contribution < 1.29 is 0 Å². The van der Waals surface area contributed by atoms with E-state index in [2.05, 4.69) is 38.5 Å². The fraction of sp³-hybridized carbons (Fsp3) is 0.375. The van der Waals surface area contributed by atoms with Gasteiger partial charge < -0.3 is 10.6 Å². The van der Waals surface area contributed by atoms with Crippen LogP contribution in [0.15, 0.2) is 16.9 Å². The summed E-state index contributed by atoms with van der Waals surface area (Å²) in [6.07, 6.45) is 3.25. The van der Waals surface area contributed by atoms with Crippen LogP contribution in [-0.4, -0.2) is 11.1 Å². The van der Waals surface area contributed by atoms with E-state index in [0.717, 1.165) is 22.4 Å². The van der Waals surface area contributed by atoms with Crippen molar-refractivity contribution in [2.24, 2.45) is 0 Å². The predicted octanol–water partition coefficient (Wildman–Crippen LogP) is 2.42. The molecular weight excluding hydrogens is 218 g/mol. The van der Waals surface area contributed by atoms with Crippen molar-refractivity contribution >= 4 is 27.3 Å². The minimum absolute atomic E-state index is 0.357. The summed E-state index contributed by atoms with van der Waals surface area (Å²) in [6, 6.07) is 1.98. The molecule has 2 N–H and O–H groups in total. The molecule has 0 bridgehead atoms. The Bertz CT molecular complexity index is 300. The van der Waals surface area contributed by atoms with E-state index in [1.807, 2.05) is 12.3 Å². The molecule has 0 saturated heterocycles. The smallest absolute Gasteiger partial charge is 0.108 e. The molecule has 1 aliphatic rings. The summed E-state index contributed by atoms with van der Waals surface area (Å²) < 4.78 is 0.868. The number of hydrogen-bond acceptors (Lipinski definition) is 3. The highest BCUT2D eigenvalue weighted by molar-refractivity contribution is 9.10. The quantitative estimate of drug-likeness (QED) is 0.724. The van der Waals surface area contributed by atoms with Crippen molar-refractivity contribution in [1.29, 1.82) is 0 Å². The second-order valence-corrected chi connectivity index (χ2v) is 3.61. The van der Waals surface area contributed by atoms with Crippen molar-refractivity contribution in [1.82, 2.24) is 4.98 Å². The van der Waals surface area contributed by atoms with Gasteiger partial charge in [-0.25, -0.2) is 4.98 Å². The molecule has 0 fully saturated rings. The first kappa shape index (κ1) is 7.86. The first-order chi connectivity index (χ1) is 5.79. The number of rotatable bonds is 1. The Morgan fingerprint density at radius 3 is 3.00 bits per heavy atom. The number of halogens is 1. The monoisotopic (exact) mass is 227 g/mol. The fourth-order valence-electron chi connectivity index (χ4n) is 1.28. The van der Waals surface area contributed by atoms with Gasteiger partial charge in [0, 0.05) is 0 Å². The molecule has 0 spiro atoms. The van der Waals surface area contributed by atoms with Gasteiger partial charge in [0.15, 0.2) is 0 Å². The molecule has 1 aliphatic heterocycles. The summed E-state index contributed by atoms with van der Waals surface area (Å²) in [5.41, 5.74) is 2.22. The lowest BCUT2D eigenvalue weighted by Gasteiger charge is -2.07. The van der Waals surface area contributed by atoms with Crippen molar-refractivity contribution in [3.8, 4) is 0 Å². The zero-order valence-electron chi connectivity index (χ0n) is 6.76. The molecule has 3 nitrogen and oxygen atoms in total. The minimum atomic E-state index is 0.357. The molecule has 1 aromatic rings. The van der Waals surface area contributed by atoms with Crippen molar-refractivity contribution in [2.75, 3.05) is 10.6 Å². The highest BCUT2D eigenvalue weighted by Crippen LogP contribution is 2.30. The van der Waals surface area contributed by atoms with Gasteiger partial charge in [-0.05, 0) is 28.4 Å². The highest BCUT2D eigenvalue weighted by Gasteiger charge is 2.17. The van der Waals surface area contributed by atoms with Crippen LogP contribution >= 0.6 is 15.9 Å². The van der Waals surface area contributed by atoms with Gasteiger partial charge >= 0.3 is 0 Å². The number of pyridine rings is 1. The molecule has 1 atom stereocenters. The third-order valence-electron chi connectivity index (χ3n) is 1.94. The van der Waals surface area contributed by atoms with Crippen molar-refractivity contribution in [3.05, 3.63) is 16.9 Å².